The minimum absolute atomic E-state index is 0.0295. The highest BCUT2D eigenvalue weighted by Gasteiger charge is 2.42. The number of benzene rings is 3. The number of likely N-dealkylation sites (tertiary alicyclic amines) is 1. The summed E-state index contributed by atoms with van der Waals surface area (Å²) in [7, 11) is 3.37. The maximum atomic E-state index is 13.5. The number of para-hydroxylation sites is 1. The number of rotatable bonds is 18. The lowest BCUT2D eigenvalue weighted by atomic mass is 9.83. The zero-order valence-corrected chi connectivity index (χ0v) is 31.8. The molecule has 5 atom stereocenters. The number of carbonyl (C=O) groups excluding carboxylic acids is 1. The summed E-state index contributed by atoms with van der Waals surface area (Å²) in [6.45, 7) is 11.9. The van der Waals surface area contributed by atoms with Crippen LogP contribution in [-0.4, -0.2) is 87.8 Å². The lowest BCUT2D eigenvalue weighted by molar-refractivity contribution is -0.148. The molecule has 0 bridgehead atoms. The molecule has 2 heterocycles. The van der Waals surface area contributed by atoms with Crippen LogP contribution < -0.4 is 20.5 Å². The SMILES string of the molecule is COCCCC(O[C@H]1CN(C(=O)C(N)C(C)C)C[C@@H](O)[C@@H]1c1ccc(OCCCOCc2ccccc2OC)cc1)c1ccc2c(c1)NCC2(C)C. The Morgan fingerprint density at radius 2 is 1.77 bits per heavy atom. The van der Waals surface area contributed by atoms with Crippen LogP contribution in [-0.2, 0) is 31.0 Å². The summed E-state index contributed by atoms with van der Waals surface area (Å²) in [5.74, 6) is 0.990. The van der Waals surface area contributed by atoms with Crippen molar-refractivity contribution in [3.63, 3.8) is 0 Å². The molecule has 284 valence electrons. The predicted octanol–water partition coefficient (Wildman–Crippen LogP) is 6.21. The Morgan fingerprint density at radius 1 is 1.00 bits per heavy atom. The maximum absolute atomic E-state index is 13.5. The minimum atomic E-state index is -0.851. The molecule has 2 aliphatic heterocycles. The number of fused-ring (bicyclic) bond motifs is 1. The summed E-state index contributed by atoms with van der Waals surface area (Å²) < 4.78 is 29.8. The van der Waals surface area contributed by atoms with Crippen LogP contribution in [0.25, 0.3) is 0 Å². The number of amides is 1. The molecule has 3 aromatic rings. The van der Waals surface area contributed by atoms with Gasteiger partial charge in [-0.15, -0.1) is 0 Å². The Balaban J connectivity index is 1.29. The Labute approximate surface area is 309 Å². The fraction of sp³-hybridized carbons (Fsp3) is 0.548. The van der Waals surface area contributed by atoms with Crippen molar-refractivity contribution in [1.29, 1.82) is 0 Å². The fourth-order valence-electron chi connectivity index (χ4n) is 7.22. The van der Waals surface area contributed by atoms with E-state index in [0.29, 0.717) is 33.0 Å². The van der Waals surface area contributed by atoms with Gasteiger partial charge in [0.15, 0.2) is 0 Å². The van der Waals surface area contributed by atoms with Crippen molar-refractivity contribution in [2.24, 2.45) is 11.7 Å². The largest absolute Gasteiger partial charge is 0.496 e. The molecule has 0 radical (unpaired) electrons. The first kappa shape index (κ1) is 39.5. The number of aliphatic hydroxyl groups excluding tert-OH is 1. The number of ether oxygens (including phenoxy) is 5. The molecule has 5 rings (SSSR count). The molecule has 2 aliphatic rings. The van der Waals surface area contributed by atoms with Crippen molar-refractivity contribution in [3.8, 4) is 11.5 Å². The molecule has 10 nitrogen and oxygen atoms in total. The zero-order chi connectivity index (χ0) is 37.3. The van der Waals surface area contributed by atoms with Crippen LogP contribution in [0.15, 0.2) is 66.7 Å². The molecule has 10 heteroatoms. The lowest BCUT2D eigenvalue weighted by Gasteiger charge is -2.44. The summed E-state index contributed by atoms with van der Waals surface area (Å²) in [4.78, 5) is 15.2. The van der Waals surface area contributed by atoms with E-state index in [4.69, 9.17) is 29.4 Å². The number of nitrogens with one attached hydrogen (secondary N) is 1. The van der Waals surface area contributed by atoms with Crippen LogP contribution in [0, 0.1) is 5.92 Å². The van der Waals surface area contributed by atoms with Crippen LogP contribution in [0.5, 0.6) is 11.5 Å². The van der Waals surface area contributed by atoms with Crippen molar-refractivity contribution in [3.05, 3.63) is 89.0 Å². The average Bonchev–Trinajstić information content (AvgIpc) is 3.45. The number of nitrogens with zero attached hydrogens (tertiary/aromatic N) is 1. The molecule has 0 aliphatic carbocycles. The van der Waals surface area contributed by atoms with Gasteiger partial charge in [-0.05, 0) is 59.7 Å². The number of hydrogen-bond acceptors (Lipinski definition) is 9. The lowest BCUT2D eigenvalue weighted by Crippen LogP contribution is -2.57. The van der Waals surface area contributed by atoms with Crippen LogP contribution in [0.3, 0.4) is 0 Å². The number of hydrogen-bond donors (Lipinski definition) is 3. The summed E-state index contributed by atoms with van der Waals surface area (Å²) in [6, 6.07) is 21.6. The van der Waals surface area contributed by atoms with Crippen LogP contribution in [0.2, 0.25) is 0 Å². The quantitative estimate of drug-likeness (QED) is 0.132. The standard InChI is InChI=1S/C42H59N3O7/c1-28(2)40(43)41(47)45-24-35(46)39(29-14-17-32(18-15-29)51-22-10-21-50-26-31-11-7-8-12-36(31)49-6)38(25-45)52-37(13-9-20-48-5)30-16-19-33-34(23-30)44-27-42(33,3)4/h7-8,11-12,14-19,23,28,35,37-40,44,46H,9-10,13,20-22,24-27,43H2,1-6H3/t35-,37?,38+,39+,40?/m1/s1. The van der Waals surface area contributed by atoms with E-state index in [2.05, 4.69) is 37.4 Å². The van der Waals surface area contributed by atoms with Gasteiger partial charge < -0.3 is 44.7 Å². The normalized spacial score (nSPS) is 20.6. The highest BCUT2D eigenvalue weighted by atomic mass is 16.5. The minimum Gasteiger partial charge on any atom is -0.496 e. The third-order valence-electron chi connectivity index (χ3n) is 10.4. The Kier molecular flexibility index (Phi) is 14.0. The third-order valence-corrected chi connectivity index (χ3v) is 10.4. The third kappa shape index (κ3) is 9.85. The van der Waals surface area contributed by atoms with Gasteiger partial charge in [0.05, 0.1) is 51.3 Å². The molecular weight excluding hydrogens is 658 g/mol. The summed E-state index contributed by atoms with van der Waals surface area (Å²) >= 11 is 0. The molecular formula is C42H59N3O7. The molecule has 0 saturated carbocycles. The predicted molar refractivity (Wildman–Crippen MR) is 204 cm³/mol. The smallest absolute Gasteiger partial charge is 0.239 e. The van der Waals surface area contributed by atoms with Gasteiger partial charge in [-0.1, -0.05) is 70.2 Å². The first-order chi connectivity index (χ1) is 25.0. The van der Waals surface area contributed by atoms with Crippen molar-refractivity contribution in [2.75, 3.05) is 59.0 Å². The zero-order valence-electron chi connectivity index (χ0n) is 31.8. The number of nitrogens with two attached hydrogens (primary N) is 1. The molecule has 1 amide bonds. The first-order valence-electron chi connectivity index (χ1n) is 18.7. The van der Waals surface area contributed by atoms with E-state index in [1.54, 1.807) is 19.1 Å². The summed E-state index contributed by atoms with van der Waals surface area (Å²) in [6.07, 6.45) is 0.657. The molecule has 3 aromatic carbocycles. The van der Waals surface area contributed by atoms with Crippen molar-refractivity contribution in [2.45, 2.75) is 89.3 Å². The van der Waals surface area contributed by atoms with Crippen molar-refractivity contribution >= 4 is 11.6 Å². The maximum Gasteiger partial charge on any atom is 0.239 e. The number of aliphatic hydroxyl groups is 1. The van der Waals surface area contributed by atoms with Gasteiger partial charge in [-0.2, -0.15) is 0 Å². The van der Waals surface area contributed by atoms with Crippen molar-refractivity contribution in [1.82, 2.24) is 4.90 Å². The number of carbonyl (C=O) groups is 1. The second-order valence-electron chi connectivity index (χ2n) is 15.1. The molecule has 2 unspecified atom stereocenters. The van der Waals surface area contributed by atoms with E-state index < -0.39 is 18.2 Å². The molecule has 52 heavy (non-hydrogen) atoms. The van der Waals surface area contributed by atoms with E-state index in [9.17, 15) is 9.90 Å². The van der Waals surface area contributed by atoms with Gasteiger partial charge in [-0.3, -0.25) is 4.79 Å². The molecule has 4 N–H and O–H groups in total. The number of methoxy groups -OCH3 is 2. The number of β-amino-alcohol motifs (C(OH)–C–C–N with tert-alkyl or cyclic N) is 1. The number of piperidine rings is 1. The molecule has 1 saturated heterocycles. The van der Waals surface area contributed by atoms with Gasteiger partial charge in [0.2, 0.25) is 5.91 Å². The van der Waals surface area contributed by atoms with Gasteiger partial charge in [0.25, 0.3) is 0 Å². The van der Waals surface area contributed by atoms with Crippen LogP contribution in [0.1, 0.15) is 81.2 Å². The number of anilines is 1. The highest BCUT2D eigenvalue weighted by molar-refractivity contribution is 5.82. The van der Waals surface area contributed by atoms with Crippen molar-refractivity contribution < 1.29 is 33.6 Å². The van der Waals surface area contributed by atoms with E-state index in [1.807, 2.05) is 62.4 Å². The Hall–Kier alpha value is -3.67. The van der Waals surface area contributed by atoms with Gasteiger partial charge in [0.1, 0.15) is 11.5 Å². The monoisotopic (exact) mass is 717 g/mol. The Morgan fingerprint density at radius 3 is 2.50 bits per heavy atom. The van der Waals surface area contributed by atoms with E-state index in [0.717, 1.165) is 59.7 Å². The van der Waals surface area contributed by atoms with Gasteiger partial charge >= 0.3 is 0 Å². The highest BCUT2D eigenvalue weighted by Crippen LogP contribution is 2.41. The van der Waals surface area contributed by atoms with Gasteiger partial charge in [-0.25, -0.2) is 0 Å². The topological polar surface area (TPSA) is 125 Å². The average molecular weight is 718 g/mol. The van der Waals surface area contributed by atoms with Crippen LogP contribution in [0.4, 0.5) is 5.69 Å². The summed E-state index contributed by atoms with van der Waals surface area (Å²) in [5, 5.41) is 15.3. The van der Waals surface area contributed by atoms with Gasteiger partial charge in [0, 0.05) is 62.4 Å². The van der Waals surface area contributed by atoms with Crippen LogP contribution >= 0.6 is 0 Å². The first-order valence-corrected chi connectivity index (χ1v) is 18.7. The second kappa shape index (κ2) is 18.4. The van der Waals surface area contributed by atoms with E-state index in [-0.39, 0.29) is 35.8 Å². The fourth-order valence-corrected chi connectivity index (χ4v) is 7.22. The molecule has 0 spiro atoms. The molecule has 0 aromatic heterocycles. The second-order valence-corrected chi connectivity index (χ2v) is 15.1. The summed E-state index contributed by atoms with van der Waals surface area (Å²) in [5.41, 5.74) is 11.8. The molecule has 1 fully saturated rings. The Bertz CT molecular complexity index is 1580. The van der Waals surface area contributed by atoms with E-state index in [1.165, 1.54) is 5.56 Å². The van der Waals surface area contributed by atoms with E-state index >= 15 is 0 Å².